The number of aldehydes is 1. The van der Waals surface area contributed by atoms with Gasteiger partial charge in [-0.05, 0) is 39.2 Å². The second-order valence-electron chi connectivity index (χ2n) is 8.92. The standard InChI is InChI=1S/C23H31N3O7/c1-23(2,3)33-22(32)25-17(12-15-8-5-4-6-9-15)20(30)24-18(13-19(28)29)21(31)26-11-7-10-16(26)14-27/h4-6,8-9,14,16-18H,7,10-13H2,1-3H3,(H,24,30)(H,25,32)(H,28,29)/t16-,17+,18-/m0/s1. The maximum absolute atomic E-state index is 13.1. The molecule has 1 aromatic rings. The first kappa shape index (κ1) is 25.8. The molecule has 1 saturated heterocycles. The minimum atomic E-state index is -1.38. The summed E-state index contributed by atoms with van der Waals surface area (Å²) in [6.07, 6.45) is 0.365. The molecule has 2 rings (SSSR count). The fraction of sp³-hybridized carbons (Fsp3) is 0.522. The summed E-state index contributed by atoms with van der Waals surface area (Å²) in [7, 11) is 0. The van der Waals surface area contributed by atoms with E-state index in [0.717, 1.165) is 5.56 Å². The fourth-order valence-corrected chi connectivity index (χ4v) is 3.56. The Morgan fingerprint density at radius 3 is 2.39 bits per heavy atom. The first-order chi connectivity index (χ1) is 15.5. The summed E-state index contributed by atoms with van der Waals surface area (Å²) in [5, 5.41) is 14.2. The van der Waals surface area contributed by atoms with Gasteiger partial charge in [0.1, 0.15) is 24.0 Å². The number of aliphatic carboxylic acids is 1. The third kappa shape index (κ3) is 8.21. The van der Waals surface area contributed by atoms with Gasteiger partial charge in [0.25, 0.3) is 0 Å². The van der Waals surface area contributed by atoms with Crippen molar-refractivity contribution in [2.24, 2.45) is 0 Å². The Balaban J connectivity index is 2.21. The SMILES string of the molecule is CC(C)(C)OC(=O)N[C@H](Cc1ccccc1)C(=O)N[C@@H](CC(=O)O)C(=O)N1CCC[C@H]1C=O. The molecule has 0 bridgehead atoms. The molecule has 3 N–H and O–H groups in total. The highest BCUT2D eigenvalue weighted by Crippen LogP contribution is 2.18. The Morgan fingerprint density at radius 2 is 1.82 bits per heavy atom. The fourth-order valence-electron chi connectivity index (χ4n) is 3.56. The molecular weight excluding hydrogens is 430 g/mol. The van der Waals surface area contributed by atoms with Gasteiger partial charge in [-0.3, -0.25) is 14.4 Å². The molecular formula is C23H31N3O7. The Morgan fingerprint density at radius 1 is 1.15 bits per heavy atom. The number of nitrogens with zero attached hydrogens (tertiary/aromatic N) is 1. The number of hydrogen-bond acceptors (Lipinski definition) is 6. The minimum absolute atomic E-state index is 0.0978. The zero-order chi connectivity index (χ0) is 24.6. The molecule has 0 aliphatic carbocycles. The lowest BCUT2D eigenvalue weighted by molar-refractivity contribution is -0.144. The number of ether oxygens (including phenoxy) is 1. The van der Waals surface area contributed by atoms with E-state index in [2.05, 4.69) is 10.6 Å². The highest BCUT2D eigenvalue weighted by atomic mass is 16.6. The van der Waals surface area contributed by atoms with Crippen molar-refractivity contribution < 1.29 is 33.8 Å². The summed E-state index contributed by atoms with van der Waals surface area (Å²) in [6, 6.07) is 5.77. The molecule has 0 spiro atoms. The third-order valence-electron chi connectivity index (χ3n) is 5.02. The second kappa shape index (κ2) is 11.4. The van der Waals surface area contributed by atoms with Crippen LogP contribution in [0.5, 0.6) is 0 Å². The smallest absolute Gasteiger partial charge is 0.408 e. The van der Waals surface area contributed by atoms with Crippen LogP contribution in [-0.4, -0.2) is 70.4 Å². The van der Waals surface area contributed by atoms with Crippen LogP contribution in [0.1, 0.15) is 45.6 Å². The van der Waals surface area contributed by atoms with Crippen LogP contribution >= 0.6 is 0 Å². The molecule has 10 nitrogen and oxygen atoms in total. The summed E-state index contributed by atoms with van der Waals surface area (Å²) in [5.41, 5.74) is -0.0467. The Hall–Kier alpha value is -3.43. The predicted octanol–water partition coefficient (Wildman–Crippen LogP) is 1.27. The highest BCUT2D eigenvalue weighted by molar-refractivity contribution is 5.94. The molecule has 3 atom stereocenters. The number of alkyl carbamates (subject to hydrolysis) is 1. The minimum Gasteiger partial charge on any atom is -0.481 e. The normalized spacial score (nSPS) is 17.5. The van der Waals surface area contributed by atoms with E-state index in [9.17, 15) is 29.1 Å². The predicted molar refractivity (Wildman–Crippen MR) is 118 cm³/mol. The van der Waals surface area contributed by atoms with Crippen LogP contribution < -0.4 is 10.6 Å². The number of hydrogen-bond donors (Lipinski definition) is 3. The molecule has 0 aromatic heterocycles. The quantitative estimate of drug-likeness (QED) is 0.470. The van der Waals surface area contributed by atoms with E-state index >= 15 is 0 Å². The van der Waals surface area contributed by atoms with Crippen LogP contribution in [0.3, 0.4) is 0 Å². The molecule has 1 aliphatic heterocycles. The largest absolute Gasteiger partial charge is 0.481 e. The summed E-state index contributed by atoms with van der Waals surface area (Å²) in [4.78, 5) is 62.3. The Kier molecular flexibility index (Phi) is 8.95. The van der Waals surface area contributed by atoms with Crippen molar-refractivity contribution in [3.63, 3.8) is 0 Å². The number of rotatable bonds is 9. The van der Waals surface area contributed by atoms with E-state index in [1.165, 1.54) is 4.90 Å². The molecule has 3 amide bonds. The van der Waals surface area contributed by atoms with Crippen molar-refractivity contribution >= 4 is 30.2 Å². The van der Waals surface area contributed by atoms with Gasteiger partial charge in [0.2, 0.25) is 11.8 Å². The van der Waals surface area contributed by atoms with Crippen molar-refractivity contribution in [3.05, 3.63) is 35.9 Å². The molecule has 33 heavy (non-hydrogen) atoms. The van der Waals surface area contributed by atoms with E-state index in [1.807, 2.05) is 0 Å². The second-order valence-corrected chi connectivity index (χ2v) is 8.92. The van der Waals surface area contributed by atoms with Gasteiger partial charge in [-0.2, -0.15) is 0 Å². The number of likely N-dealkylation sites (tertiary alicyclic amines) is 1. The van der Waals surface area contributed by atoms with Crippen molar-refractivity contribution in [3.8, 4) is 0 Å². The topological polar surface area (TPSA) is 142 Å². The number of carboxylic acid groups (broad SMARTS) is 1. The van der Waals surface area contributed by atoms with E-state index in [-0.39, 0.29) is 6.42 Å². The summed E-state index contributed by atoms with van der Waals surface area (Å²) < 4.78 is 5.24. The molecule has 180 valence electrons. The number of benzene rings is 1. The average Bonchev–Trinajstić information content (AvgIpc) is 3.20. The van der Waals surface area contributed by atoms with Gasteiger partial charge in [-0.1, -0.05) is 30.3 Å². The van der Waals surface area contributed by atoms with Crippen molar-refractivity contribution in [1.82, 2.24) is 15.5 Å². The number of carbonyl (C=O) groups is 5. The lowest BCUT2D eigenvalue weighted by Gasteiger charge is -2.28. The molecule has 0 saturated carbocycles. The van der Waals surface area contributed by atoms with Crippen LogP contribution in [0.2, 0.25) is 0 Å². The number of carboxylic acids is 1. The van der Waals surface area contributed by atoms with Crippen LogP contribution in [0, 0.1) is 0 Å². The van der Waals surface area contributed by atoms with Gasteiger partial charge >= 0.3 is 12.1 Å². The average molecular weight is 462 g/mol. The number of nitrogens with one attached hydrogen (secondary N) is 2. The molecule has 0 unspecified atom stereocenters. The Labute approximate surface area is 192 Å². The molecule has 1 aromatic carbocycles. The lowest BCUT2D eigenvalue weighted by atomic mass is 10.0. The van der Waals surface area contributed by atoms with Crippen LogP contribution in [0.15, 0.2) is 30.3 Å². The third-order valence-corrected chi connectivity index (χ3v) is 5.02. The van der Waals surface area contributed by atoms with E-state index in [4.69, 9.17) is 4.74 Å². The first-order valence-electron chi connectivity index (χ1n) is 10.8. The van der Waals surface area contributed by atoms with Crippen molar-refractivity contribution in [2.45, 2.75) is 70.2 Å². The van der Waals surface area contributed by atoms with Gasteiger partial charge in [0, 0.05) is 13.0 Å². The lowest BCUT2D eigenvalue weighted by Crippen LogP contribution is -2.56. The highest BCUT2D eigenvalue weighted by Gasteiger charge is 2.36. The molecule has 1 fully saturated rings. The number of amides is 3. The van der Waals surface area contributed by atoms with Gasteiger partial charge in [-0.15, -0.1) is 0 Å². The maximum Gasteiger partial charge on any atom is 0.408 e. The molecule has 10 heteroatoms. The first-order valence-corrected chi connectivity index (χ1v) is 10.8. The van der Waals surface area contributed by atoms with Gasteiger partial charge < -0.3 is 30.2 Å². The zero-order valence-electron chi connectivity index (χ0n) is 19.1. The zero-order valence-corrected chi connectivity index (χ0v) is 19.1. The van der Waals surface area contributed by atoms with E-state index < -0.39 is 54.0 Å². The van der Waals surface area contributed by atoms with Gasteiger partial charge in [0.15, 0.2) is 0 Å². The van der Waals surface area contributed by atoms with Gasteiger partial charge in [-0.25, -0.2) is 4.79 Å². The summed E-state index contributed by atoms with van der Waals surface area (Å²) in [6.45, 7) is 5.34. The Bertz CT molecular complexity index is 867. The van der Waals surface area contributed by atoms with Gasteiger partial charge in [0.05, 0.1) is 12.5 Å². The van der Waals surface area contributed by atoms with Crippen molar-refractivity contribution in [1.29, 1.82) is 0 Å². The summed E-state index contributed by atoms with van der Waals surface area (Å²) >= 11 is 0. The van der Waals surface area contributed by atoms with Crippen LogP contribution in [0.4, 0.5) is 4.79 Å². The monoisotopic (exact) mass is 461 g/mol. The van der Waals surface area contributed by atoms with E-state index in [0.29, 0.717) is 25.7 Å². The summed E-state index contributed by atoms with van der Waals surface area (Å²) in [5.74, 6) is -2.66. The molecule has 1 aliphatic rings. The molecule has 0 radical (unpaired) electrons. The maximum atomic E-state index is 13.1. The van der Waals surface area contributed by atoms with Crippen LogP contribution in [0.25, 0.3) is 0 Å². The van der Waals surface area contributed by atoms with Crippen molar-refractivity contribution in [2.75, 3.05) is 6.54 Å². The number of carbonyl (C=O) groups excluding carboxylic acids is 4. The molecule has 1 heterocycles. The van der Waals surface area contributed by atoms with E-state index in [1.54, 1.807) is 51.1 Å². The van der Waals surface area contributed by atoms with Crippen LogP contribution in [-0.2, 0) is 30.3 Å².